The van der Waals surface area contributed by atoms with Gasteiger partial charge in [-0.1, -0.05) is 36.4 Å². The predicted octanol–water partition coefficient (Wildman–Crippen LogP) is 5.50. The third kappa shape index (κ3) is 6.26. The summed E-state index contributed by atoms with van der Waals surface area (Å²) in [6.07, 6.45) is -2.36. The van der Waals surface area contributed by atoms with Crippen LogP contribution in [0.15, 0.2) is 96.0 Å². The minimum absolute atomic E-state index is 0.0404. The highest BCUT2D eigenvalue weighted by Gasteiger charge is 2.43. The third-order valence-electron chi connectivity index (χ3n) is 7.89. The Morgan fingerprint density at radius 3 is 2.40 bits per heavy atom. The van der Waals surface area contributed by atoms with Crippen LogP contribution in [-0.2, 0) is 29.0 Å². The van der Waals surface area contributed by atoms with Crippen LogP contribution in [0.2, 0.25) is 0 Å². The second-order valence-corrected chi connectivity index (χ2v) is 13.0. The van der Waals surface area contributed by atoms with Crippen molar-refractivity contribution in [3.63, 3.8) is 0 Å². The van der Waals surface area contributed by atoms with Gasteiger partial charge in [-0.25, -0.2) is 13.1 Å². The third-order valence-corrected chi connectivity index (χ3v) is 9.05. The first kappa shape index (κ1) is 32.4. The number of methoxy groups -OCH3 is 1. The number of fused-ring (bicyclic) bond motifs is 1. The van der Waals surface area contributed by atoms with Gasteiger partial charge in [-0.2, -0.15) is 18.3 Å². The Kier molecular flexibility index (Phi) is 8.52. The van der Waals surface area contributed by atoms with Crippen LogP contribution in [0.4, 0.5) is 18.9 Å². The van der Waals surface area contributed by atoms with Crippen molar-refractivity contribution < 1.29 is 35.9 Å². The summed E-state index contributed by atoms with van der Waals surface area (Å²) < 4.78 is 73.8. The van der Waals surface area contributed by atoms with Gasteiger partial charge in [-0.05, 0) is 60.5 Å². The summed E-state index contributed by atoms with van der Waals surface area (Å²) in [6.45, 7) is -0.0292. The van der Waals surface area contributed by atoms with Crippen LogP contribution in [-0.4, -0.2) is 54.9 Å². The van der Waals surface area contributed by atoms with Crippen molar-refractivity contribution in [2.45, 2.75) is 24.0 Å². The molecule has 3 heterocycles. The number of pyridine rings is 1. The SMILES string of the molecule is COc1ccc(-n2nc(C(F)(F)F)c3c2C(=O)N(c2ccc(-c4ccccc4S(C)(=O)=O)cc2)CC3)c(C(=O)NCc2ccccn2)c1. The number of sulfone groups is 1. The van der Waals surface area contributed by atoms with E-state index in [0.29, 0.717) is 22.5 Å². The number of hydrogen-bond acceptors (Lipinski definition) is 7. The standard InChI is InChI=1S/C34H28F3N5O5S/c1-47-24-14-15-28(27(19-24)32(43)39-20-22-7-5-6-17-38-22)42-30-26(31(40-42)34(35,36)37)16-18-41(33(30)44)23-12-10-21(11-13-23)25-8-3-4-9-29(25)48(2,45)46/h3-15,17,19H,16,18,20H2,1-2H3,(H,39,43). The van der Waals surface area contributed by atoms with Gasteiger partial charge >= 0.3 is 6.18 Å². The number of rotatable bonds is 8. The highest BCUT2D eigenvalue weighted by atomic mass is 32.2. The Morgan fingerprint density at radius 1 is 1.00 bits per heavy atom. The smallest absolute Gasteiger partial charge is 0.435 e. The summed E-state index contributed by atoms with van der Waals surface area (Å²) in [6, 6.07) is 22.4. The van der Waals surface area contributed by atoms with E-state index in [1.165, 1.54) is 36.3 Å². The van der Waals surface area contributed by atoms with Crippen molar-refractivity contribution in [3.8, 4) is 22.6 Å². The number of benzene rings is 3. The lowest BCUT2D eigenvalue weighted by Crippen LogP contribution is -2.39. The fraction of sp³-hybridized carbons (Fsp3) is 0.176. The molecule has 0 aliphatic carbocycles. The summed E-state index contributed by atoms with van der Waals surface area (Å²) in [5.41, 5.74) is 0.0514. The number of carbonyl (C=O) groups is 2. The van der Waals surface area contributed by atoms with E-state index >= 15 is 0 Å². The van der Waals surface area contributed by atoms with Crippen LogP contribution in [0.3, 0.4) is 0 Å². The van der Waals surface area contributed by atoms with Gasteiger partial charge in [0, 0.05) is 35.8 Å². The van der Waals surface area contributed by atoms with Gasteiger partial charge < -0.3 is 15.0 Å². The molecule has 2 aromatic heterocycles. The topological polar surface area (TPSA) is 123 Å². The second-order valence-electron chi connectivity index (χ2n) is 11.0. The van der Waals surface area contributed by atoms with Crippen LogP contribution >= 0.6 is 0 Å². The summed E-state index contributed by atoms with van der Waals surface area (Å²) in [5, 5.41) is 6.59. The van der Waals surface area contributed by atoms with Gasteiger partial charge in [0.15, 0.2) is 15.5 Å². The summed E-state index contributed by atoms with van der Waals surface area (Å²) in [5.74, 6) is -1.12. The molecule has 1 aliphatic rings. The highest BCUT2D eigenvalue weighted by molar-refractivity contribution is 7.90. The first-order valence-electron chi connectivity index (χ1n) is 14.6. The lowest BCUT2D eigenvalue weighted by Gasteiger charge is -2.28. The number of ether oxygens (including phenoxy) is 1. The zero-order valence-electron chi connectivity index (χ0n) is 25.7. The van der Waals surface area contributed by atoms with Crippen molar-refractivity contribution in [2.75, 3.05) is 24.8 Å². The van der Waals surface area contributed by atoms with Crippen molar-refractivity contribution in [2.24, 2.45) is 0 Å². The molecule has 0 unspecified atom stereocenters. The minimum atomic E-state index is -4.87. The van der Waals surface area contributed by atoms with E-state index in [-0.39, 0.29) is 52.7 Å². The normalized spacial score (nSPS) is 13.3. The molecule has 0 bridgehead atoms. The molecule has 0 radical (unpaired) electrons. The molecule has 6 rings (SSSR count). The molecule has 0 spiro atoms. The Hall–Kier alpha value is -5.50. The molecule has 2 amide bonds. The Morgan fingerprint density at radius 2 is 1.73 bits per heavy atom. The van der Waals surface area contributed by atoms with E-state index in [2.05, 4.69) is 15.4 Å². The van der Waals surface area contributed by atoms with Gasteiger partial charge in [-0.15, -0.1) is 0 Å². The summed E-state index contributed by atoms with van der Waals surface area (Å²) in [7, 11) is -2.15. The first-order chi connectivity index (χ1) is 22.9. The first-order valence-corrected chi connectivity index (χ1v) is 16.5. The van der Waals surface area contributed by atoms with Crippen molar-refractivity contribution in [3.05, 3.63) is 119 Å². The van der Waals surface area contributed by atoms with Crippen molar-refractivity contribution in [1.29, 1.82) is 0 Å². The molecule has 0 saturated heterocycles. The number of alkyl halides is 3. The van der Waals surface area contributed by atoms with E-state index in [0.717, 1.165) is 10.9 Å². The van der Waals surface area contributed by atoms with Crippen LogP contribution in [0.5, 0.6) is 5.75 Å². The quantitative estimate of drug-likeness (QED) is 0.231. The van der Waals surface area contributed by atoms with E-state index < -0.39 is 33.5 Å². The molecular weight excluding hydrogens is 647 g/mol. The molecule has 5 aromatic rings. The van der Waals surface area contributed by atoms with Crippen LogP contribution < -0.4 is 15.0 Å². The Balaban J connectivity index is 1.40. The van der Waals surface area contributed by atoms with Crippen molar-refractivity contribution in [1.82, 2.24) is 20.1 Å². The van der Waals surface area contributed by atoms with Gasteiger partial charge in [0.05, 0.1) is 35.5 Å². The minimum Gasteiger partial charge on any atom is -0.497 e. The molecule has 48 heavy (non-hydrogen) atoms. The number of halogens is 3. The van der Waals surface area contributed by atoms with E-state index in [4.69, 9.17) is 4.74 Å². The van der Waals surface area contributed by atoms with Gasteiger partial charge in [0.25, 0.3) is 11.8 Å². The number of aromatic nitrogens is 3. The molecule has 10 nitrogen and oxygen atoms in total. The Bertz CT molecular complexity index is 2130. The average molecular weight is 676 g/mol. The summed E-state index contributed by atoms with van der Waals surface area (Å²) in [4.78, 5) is 33.2. The second kappa shape index (κ2) is 12.6. The maximum atomic E-state index is 14.3. The van der Waals surface area contributed by atoms with E-state index in [9.17, 15) is 31.2 Å². The predicted molar refractivity (Wildman–Crippen MR) is 171 cm³/mol. The molecule has 0 saturated carbocycles. The van der Waals surface area contributed by atoms with Crippen LogP contribution in [0, 0.1) is 0 Å². The zero-order chi connectivity index (χ0) is 34.2. The lowest BCUT2D eigenvalue weighted by molar-refractivity contribution is -0.141. The van der Waals surface area contributed by atoms with Gasteiger partial charge in [0.2, 0.25) is 0 Å². The molecule has 14 heteroatoms. The zero-order valence-corrected chi connectivity index (χ0v) is 26.5. The van der Waals surface area contributed by atoms with E-state index in [1.54, 1.807) is 66.9 Å². The van der Waals surface area contributed by atoms with Gasteiger partial charge in [0.1, 0.15) is 11.4 Å². The fourth-order valence-electron chi connectivity index (χ4n) is 5.64. The van der Waals surface area contributed by atoms with Crippen LogP contribution in [0.1, 0.15) is 37.8 Å². The van der Waals surface area contributed by atoms with Gasteiger partial charge in [-0.3, -0.25) is 14.6 Å². The molecule has 1 N–H and O–H groups in total. The fourth-order valence-corrected chi connectivity index (χ4v) is 6.55. The van der Waals surface area contributed by atoms with Crippen LogP contribution in [0.25, 0.3) is 16.8 Å². The number of anilines is 1. The maximum Gasteiger partial charge on any atom is 0.435 e. The number of amides is 2. The molecule has 0 fully saturated rings. The average Bonchev–Trinajstić information content (AvgIpc) is 3.48. The Labute approximate surface area is 273 Å². The van der Waals surface area contributed by atoms with Crippen molar-refractivity contribution >= 4 is 27.3 Å². The number of nitrogens with zero attached hydrogens (tertiary/aromatic N) is 4. The molecule has 0 atom stereocenters. The molecule has 1 aliphatic heterocycles. The highest BCUT2D eigenvalue weighted by Crippen LogP contribution is 2.38. The number of hydrogen-bond donors (Lipinski definition) is 1. The monoisotopic (exact) mass is 675 g/mol. The lowest BCUT2D eigenvalue weighted by atomic mass is 10.0. The van der Waals surface area contributed by atoms with E-state index in [1.807, 2.05) is 0 Å². The maximum absolute atomic E-state index is 14.3. The number of nitrogens with one attached hydrogen (secondary N) is 1. The number of carbonyl (C=O) groups excluding carboxylic acids is 2. The molecule has 3 aromatic carbocycles. The molecule has 246 valence electrons. The largest absolute Gasteiger partial charge is 0.497 e. The molecular formula is C34H28F3N5O5S. The summed E-state index contributed by atoms with van der Waals surface area (Å²) >= 11 is 0.